The van der Waals surface area contributed by atoms with Gasteiger partial charge in [-0.3, -0.25) is 4.79 Å². The predicted octanol–water partition coefficient (Wildman–Crippen LogP) is 1.47. The molecule has 0 bridgehead atoms. The Bertz CT molecular complexity index is 508. The minimum Gasteiger partial charge on any atom is -0.384 e. The molecule has 6 nitrogen and oxygen atoms in total. The zero-order valence-electron chi connectivity index (χ0n) is 12.8. The van der Waals surface area contributed by atoms with Crippen molar-refractivity contribution in [3.05, 3.63) is 11.9 Å². The van der Waals surface area contributed by atoms with Gasteiger partial charge < -0.3 is 10.0 Å². The predicted molar refractivity (Wildman–Crippen MR) is 77.5 cm³/mol. The number of aromatic nitrogens is 3. The van der Waals surface area contributed by atoms with Gasteiger partial charge in [0.2, 0.25) is 5.91 Å². The van der Waals surface area contributed by atoms with Gasteiger partial charge in [0.25, 0.3) is 0 Å². The van der Waals surface area contributed by atoms with Gasteiger partial charge in [0, 0.05) is 19.5 Å². The highest BCUT2D eigenvalue weighted by Crippen LogP contribution is 2.33. The SMILES string of the molecule is CC(C)(O)c1cn(C2CCN(C(=O)CC3CC3)CC2)nn1. The van der Waals surface area contributed by atoms with E-state index in [9.17, 15) is 9.90 Å². The van der Waals surface area contributed by atoms with Gasteiger partial charge in [0.1, 0.15) is 11.3 Å². The Hall–Kier alpha value is -1.43. The molecule has 3 rings (SSSR count). The third-order valence-corrected chi connectivity index (χ3v) is 4.49. The minimum atomic E-state index is -0.959. The largest absolute Gasteiger partial charge is 0.384 e. The summed E-state index contributed by atoms with van der Waals surface area (Å²) in [4.78, 5) is 14.1. The second-order valence-electron chi connectivity index (χ2n) is 6.90. The fourth-order valence-electron chi connectivity index (χ4n) is 2.81. The van der Waals surface area contributed by atoms with Gasteiger partial charge >= 0.3 is 0 Å². The summed E-state index contributed by atoms with van der Waals surface area (Å²) in [6.07, 6.45) is 6.82. The Morgan fingerprint density at radius 2 is 2.00 bits per heavy atom. The molecule has 6 heteroatoms. The van der Waals surface area contributed by atoms with E-state index in [1.54, 1.807) is 13.8 Å². The van der Waals surface area contributed by atoms with E-state index < -0.39 is 5.60 Å². The fourth-order valence-corrected chi connectivity index (χ4v) is 2.81. The minimum absolute atomic E-state index is 0.276. The van der Waals surface area contributed by atoms with Crippen LogP contribution in [-0.4, -0.2) is 44.0 Å². The van der Waals surface area contributed by atoms with E-state index in [1.165, 1.54) is 12.8 Å². The lowest BCUT2D eigenvalue weighted by Crippen LogP contribution is -2.39. The first-order valence-corrected chi connectivity index (χ1v) is 7.86. The molecule has 1 saturated heterocycles. The Kier molecular flexibility index (Phi) is 3.73. The van der Waals surface area contributed by atoms with E-state index in [4.69, 9.17) is 0 Å². The van der Waals surface area contributed by atoms with Crippen molar-refractivity contribution in [2.45, 2.75) is 57.6 Å². The lowest BCUT2D eigenvalue weighted by molar-refractivity contribution is -0.132. The van der Waals surface area contributed by atoms with Crippen molar-refractivity contribution in [2.75, 3.05) is 13.1 Å². The van der Waals surface area contributed by atoms with E-state index in [1.807, 2.05) is 15.8 Å². The highest BCUT2D eigenvalue weighted by atomic mass is 16.3. The number of hydrogen-bond acceptors (Lipinski definition) is 4. The number of amides is 1. The normalized spacial score (nSPS) is 20.8. The van der Waals surface area contributed by atoms with Crippen molar-refractivity contribution in [2.24, 2.45) is 5.92 Å². The molecule has 0 radical (unpaired) electrons. The molecule has 116 valence electrons. The number of carbonyl (C=O) groups is 1. The number of piperidine rings is 1. The summed E-state index contributed by atoms with van der Waals surface area (Å²) >= 11 is 0. The molecule has 1 aromatic rings. The highest BCUT2D eigenvalue weighted by molar-refractivity contribution is 5.76. The van der Waals surface area contributed by atoms with E-state index in [0.29, 0.717) is 17.5 Å². The number of hydrogen-bond donors (Lipinski definition) is 1. The van der Waals surface area contributed by atoms with Gasteiger partial charge in [0.05, 0.1) is 12.2 Å². The van der Waals surface area contributed by atoms with Crippen LogP contribution in [0.3, 0.4) is 0 Å². The number of carbonyl (C=O) groups excluding carboxylic acids is 1. The Balaban J connectivity index is 1.55. The average Bonchev–Trinajstić information content (AvgIpc) is 3.09. The molecule has 1 aliphatic heterocycles. The van der Waals surface area contributed by atoms with E-state index >= 15 is 0 Å². The second-order valence-corrected chi connectivity index (χ2v) is 6.90. The highest BCUT2D eigenvalue weighted by Gasteiger charge is 2.30. The quantitative estimate of drug-likeness (QED) is 0.912. The van der Waals surface area contributed by atoms with Crippen LogP contribution in [0.1, 0.15) is 57.7 Å². The van der Waals surface area contributed by atoms with Gasteiger partial charge in [-0.15, -0.1) is 5.10 Å². The van der Waals surface area contributed by atoms with Crippen LogP contribution in [0.15, 0.2) is 6.20 Å². The van der Waals surface area contributed by atoms with Crippen LogP contribution in [0.5, 0.6) is 0 Å². The number of likely N-dealkylation sites (tertiary alicyclic amines) is 1. The van der Waals surface area contributed by atoms with Gasteiger partial charge in [-0.05, 0) is 45.4 Å². The summed E-state index contributed by atoms with van der Waals surface area (Å²) in [6.45, 7) is 5.02. The number of rotatable bonds is 4. The first-order valence-electron chi connectivity index (χ1n) is 7.86. The van der Waals surface area contributed by atoms with Gasteiger partial charge in [-0.1, -0.05) is 5.21 Å². The van der Waals surface area contributed by atoms with Crippen LogP contribution >= 0.6 is 0 Å². The molecular formula is C15H24N4O2. The molecule has 1 N–H and O–H groups in total. The monoisotopic (exact) mass is 292 g/mol. The lowest BCUT2D eigenvalue weighted by atomic mass is 10.0. The van der Waals surface area contributed by atoms with Crippen LogP contribution in [-0.2, 0) is 10.4 Å². The van der Waals surface area contributed by atoms with Crippen molar-refractivity contribution < 1.29 is 9.90 Å². The Morgan fingerprint density at radius 3 is 2.52 bits per heavy atom. The van der Waals surface area contributed by atoms with Crippen molar-refractivity contribution in [3.8, 4) is 0 Å². The maximum atomic E-state index is 12.1. The van der Waals surface area contributed by atoms with Crippen LogP contribution in [0.2, 0.25) is 0 Å². The van der Waals surface area contributed by atoms with Gasteiger partial charge in [-0.2, -0.15) is 0 Å². The zero-order chi connectivity index (χ0) is 15.0. The van der Waals surface area contributed by atoms with Crippen molar-refractivity contribution in [1.82, 2.24) is 19.9 Å². The van der Waals surface area contributed by atoms with Crippen LogP contribution < -0.4 is 0 Å². The molecule has 0 spiro atoms. The van der Waals surface area contributed by atoms with E-state index in [-0.39, 0.29) is 6.04 Å². The van der Waals surface area contributed by atoms with Gasteiger partial charge in [-0.25, -0.2) is 4.68 Å². The standard InChI is InChI=1S/C15H24N4O2/c1-15(2,21)13-10-19(17-16-13)12-5-7-18(8-6-12)14(20)9-11-3-4-11/h10-12,21H,3-9H2,1-2H3. The third-order valence-electron chi connectivity index (χ3n) is 4.49. The Morgan fingerprint density at radius 1 is 1.33 bits per heavy atom. The maximum absolute atomic E-state index is 12.1. The molecule has 2 aliphatic rings. The van der Waals surface area contributed by atoms with E-state index in [2.05, 4.69) is 10.3 Å². The molecule has 0 unspecified atom stereocenters. The Labute approximate surface area is 125 Å². The molecule has 2 fully saturated rings. The number of aliphatic hydroxyl groups is 1. The summed E-state index contributed by atoms with van der Waals surface area (Å²) in [6, 6.07) is 0.276. The molecule has 0 aromatic carbocycles. The van der Waals surface area contributed by atoms with E-state index in [0.717, 1.165) is 32.4 Å². The second kappa shape index (κ2) is 5.40. The molecule has 0 atom stereocenters. The summed E-state index contributed by atoms with van der Waals surface area (Å²) in [5.41, 5.74) is -0.367. The lowest BCUT2D eigenvalue weighted by Gasteiger charge is -2.32. The molecule has 1 saturated carbocycles. The van der Waals surface area contributed by atoms with Crippen LogP contribution in [0, 0.1) is 5.92 Å². The summed E-state index contributed by atoms with van der Waals surface area (Å²) in [7, 11) is 0. The fraction of sp³-hybridized carbons (Fsp3) is 0.800. The van der Waals surface area contributed by atoms with Gasteiger partial charge in [0.15, 0.2) is 0 Å². The molecule has 21 heavy (non-hydrogen) atoms. The van der Waals surface area contributed by atoms with Crippen molar-refractivity contribution in [3.63, 3.8) is 0 Å². The molecule has 1 aliphatic carbocycles. The zero-order valence-corrected chi connectivity index (χ0v) is 12.8. The first-order chi connectivity index (χ1) is 9.93. The topological polar surface area (TPSA) is 71.2 Å². The van der Waals surface area contributed by atoms with Crippen LogP contribution in [0.4, 0.5) is 0 Å². The maximum Gasteiger partial charge on any atom is 0.222 e. The summed E-state index contributed by atoms with van der Waals surface area (Å²) < 4.78 is 1.84. The molecule has 1 aromatic heterocycles. The van der Waals surface area contributed by atoms with Crippen LogP contribution in [0.25, 0.3) is 0 Å². The summed E-state index contributed by atoms with van der Waals surface area (Å²) in [5, 5.41) is 18.1. The van der Waals surface area contributed by atoms with Crippen molar-refractivity contribution in [1.29, 1.82) is 0 Å². The number of nitrogens with zero attached hydrogens (tertiary/aromatic N) is 4. The first kappa shape index (κ1) is 14.5. The average molecular weight is 292 g/mol. The third kappa shape index (κ3) is 3.43. The smallest absolute Gasteiger partial charge is 0.222 e. The molecule has 2 heterocycles. The molecular weight excluding hydrogens is 268 g/mol. The molecule has 1 amide bonds. The summed E-state index contributed by atoms with van der Waals surface area (Å²) in [5.74, 6) is 0.964. The van der Waals surface area contributed by atoms with Crippen molar-refractivity contribution >= 4 is 5.91 Å².